The predicted molar refractivity (Wildman–Crippen MR) is 63.5 cm³/mol. The van der Waals surface area contributed by atoms with Gasteiger partial charge in [0.15, 0.2) is 0 Å². The van der Waals surface area contributed by atoms with Gasteiger partial charge in [-0.05, 0) is 12.3 Å². The van der Waals surface area contributed by atoms with Crippen molar-refractivity contribution in [3.8, 4) is 0 Å². The molecular formula is C12H18F4N2O2. The van der Waals surface area contributed by atoms with Crippen LogP contribution in [0.3, 0.4) is 0 Å². The molecule has 0 aromatic carbocycles. The van der Waals surface area contributed by atoms with Crippen molar-refractivity contribution in [2.24, 2.45) is 5.92 Å². The van der Waals surface area contributed by atoms with Gasteiger partial charge in [-0.2, -0.15) is 8.78 Å². The van der Waals surface area contributed by atoms with E-state index >= 15 is 0 Å². The summed E-state index contributed by atoms with van der Waals surface area (Å²) in [5.74, 6) is -6.12. The first-order valence-corrected chi connectivity index (χ1v) is 6.38. The van der Waals surface area contributed by atoms with E-state index in [9.17, 15) is 27.2 Å². The summed E-state index contributed by atoms with van der Waals surface area (Å²) in [4.78, 5) is 24.5. The van der Waals surface area contributed by atoms with Gasteiger partial charge in [0.1, 0.15) is 12.1 Å². The molecule has 2 amide bonds. The van der Waals surface area contributed by atoms with Crippen LogP contribution in [-0.2, 0) is 9.59 Å². The number of nitrogens with one attached hydrogen (secondary N) is 1. The lowest BCUT2D eigenvalue weighted by Gasteiger charge is -2.41. The van der Waals surface area contributed by atoms with Crippen LogP contribution in [-0.4, -0.2) is 47.7 Å². The zero-order valence-electron chi connectivity index (χ0n) is 11.5. The number of alkyl halides is 4. The number of nitrogens with zero attached hydrogens (tertiary/aromatic N) is 1. The fraction of sp³-hybridized carbons (Fsp3) is 0.833. The Balaban J connectivity index is 3.06. The van der Waals surface area contributed by atoms with E-state index in [2.05, 4.69) is 5.32 Å². The average Bonchev–Trinajstić information content (AvgIpc) is 2.32. The molecule has 20 heavy (non-hydrogen) atoms. The van der Waals surface area contributed by atoms with E-state index < -0.39 is 48.7 Å². The lowest BCUT2D eigenvalue weighted by Crippen LogP contribution is -2.66. The minimum atomic E-state index is -4.33. The van der Waals surface area contributed by atoms with Crippen molar-refractivity contribution in [3.05, 3.63) is 0 Å². The Morgan fingerprint density at radius 2 is 1.85 bits per heavy atom. The molecule has 0 radical (unpaired) electrons. The highest BCUT2D eigenvalue weighted by Crippen LogP contribution is 2.28. The lowest BCUT2D eigenvalue weighted by molar-refractivity contribution is -0.172. The smallest absolute Gasteiger partial charge is 0.324 e. The molecule has 1 heterocycles. The number of carbonyl (C=O) groups is 2. The minimum absolute atomic E-state index is 0.214. The van der Waals surface area contributed by atoms with Crippen LogP contribution in [0, 0.1) is 5.92 Å². The second-order valence-corrected chi connectivity index (χ2v) is 5.19. The first-order valence-electron chi connectivity index (χ1n) is 6.38. The summed E-state index contributed by atoms with van der Waals surface area (Å²) < 4.78 is 51.1. The lowest BCUT2D eigenvalue weighted by atomic mass is 9.95. The third kappa shape index (κ3) is 3.21. The summed E-state index contributed by atoms with van der Waals surface area (Å²) in [5.41, 5.74) is 0. The summed E-state index contributed by atoms with van der Waals surface area (Å²) in [5, 5.41) is 2.43. The van der Waals surface area contributed by atoms with Gasteiger partial charge in [0, 0.05) is 0 Å². The third-order valence-corrected chi connectivity index (χ3v) is 3.24. The van der Waals surface area contributed by atoms with Crippen LogP contribution in [0.2, 0.25) is 0 Å². The summed E-state index contributed by atoms with van der Waals surface area (Å²) in [6.45, 7) is 3.28. The maximum atomic E-state index is 13.2. The summed E-state index contributed by atoms with van der Waals surface area (Å²) in [6, 6.07) is -2.10. The van der Waals surface area contributed by atoms with Crippen molar-refractivity contribution < 1.29 is 27.2 Å². The molecule has 4 nitrogen and oxygen atoms in total. The molecule has 1 saturated heterocycles. The van der Waals surface area contributed by atoms with Gasteiger partial charge in [-0.25, -0.2) is 8.78 Å². The molecule has 0 bridgehead atoms. The van der Waals surface area contributed by atoms with Gasteiger partial charge in [-0.15, -0.1) is 0 Å². The van der Waals surface area contributed by atoms with E-state index in [1.54, 1.807) is 20.8 Å². The fourth-order valence-electron chi connectivity index (χ4n) is 2.21. The topological polar surface area (TPSA) is 49.4 Å². The van der Waals surface area contributed by atoms with Gasteiger partial charge in [0.05, 0.1) is 6.54 Å². The highest BCUT2D eigenvalue weighted by Gasteiger charge is 2.49. The van der Waals surface area contributed by atoms with Crippen LogP contribution < -0.4 is 5.32 Å². The molecular weight excluding hydrogens is 280 g/mol. The molecule has 2 unspecified atom stereocenters. The van der Waals surface area contributed by atoms with Crippen LogP contribution in [0.4, 0.5) is 17.6 Å². The quantitative estimate of drug-likeness (QED) is 0.785. The highest BCUT2D eigenvalue weighted by molar-refractivity contribution is 5.97. The van der Waals surface area contributed by atoms with Crippen molar-refractivity contribution >= 4 is 11.8 Å². The molecule has 1 fully saturated rings. The van der Waals surface area contributed by atoms with Gasteiger partial charge >= 0.3 is 12.3 Å². The van der Waals surface area contributed by atoms with E-state index in [0.717, 1.165) is 0 Å². The Morgan fingerprint density at radius 1 is 1.30 bits per heavy atom. The van der Waals surface area contributed by atoms with E-state index in [-0.39, 0.29) is 6.42 Å². The Morgan fingerprint density at radius 3 is 2.25 bits per heavy atom. The van der Waals surface area contributed by atoms with Crippen LogP contribution in [0.1, 0.15) is 27.2 Å². The maximum Gasteiger partial charge on any atom is 0.324 e. The number of hydrogen-bond donors (Lipinski definition) is 1. The molecule has 1 aliphatic heterocycles. The molecule has 0 aliphatic carbocycles. The minimum Gasteiger partial charge on any atom is -0.343 e. The normalized spacial score (nSPS) is 24.6. The second-order valence-electron chi connectivity index (χ2n) is 5.19. The number of piperazine rings is 1. The Labute approximate surface area is 114 Å². The van der Waals surface area contributed by atoms with E-state index in [1.165, 1.54) is 0 Å². The fourth-order valence-corrected chi connectivity index (χ4v) is 2.21. The molecule has 0 saturated carbocycles. The van der Waals surface area contributed by atoms with Crippen molar-refractivity contribution in [2.75, 3.05) is 6.54 Å². The molecule has 8 heteroatoms. The van der Waals surface area contributed by atoms with Gasteiger partial charge in [-0.3, -0.25) is 9.59 Å². The predicted octanol–water partition coefficient (Wildman–Crippen LogP) is 1.65. The van der Waals surface area contributed by atoms with Crippen molar-refractivity contribution in [1.29, 1.82) is 0 Å². The highest BCUT2D eigenvalue weighted by atomic mass is 19.3. The molecule has 1 rings (SSSR count). The summed E-state index contributed by atoms with van der Waals surface area (Å²) in [6.07, 6.45) is -3.67. The van der Waals surface area contributed by atoms with Crippen LogP contribution in [0.5, 0.6) is 0 Å². The molecule has 0 aromatic heterocycles. The molecule has 2 atom stereocenters. The van der Waals surface area contributed by atoms with Gasteiger partial charge in [0.25, 0.3) is 0 Å². The monoisotopic (exact) mass is 298 g/mol. The van der Waals surface area contributed by atoms with E-state index in [4.69, 9.17) is 0 Å². The number of halogens is 4. The Bertz CT molecular complexity index is 388. The van der Waals surface area contributed by atoms with Gasteiger partial charge < -0.3 is 10.2 Å². The maximum absolute atomic E-state index is 13.2. The zero-order chi connectivity index (χ0) is 15.7. The van der Waals surface area contributed by atoms with E-state index in [1.807, 2.05) is 0 Å². The number of hydrogen-bond acceptors (Lipinski definition) is 2. The molecule has 1 N–H and O–H groups in total. The van der Waals surface area contributed by atoms with Crippen molar-refractivity contribution in [1.82, 2.24) is 10.2 Å². The van der Waals surface area contributed by atoms with Crippen LogP contribution >= 0.6 is 0 Å². The Kier molecular flexibility index (Phi) is 4.99. The van der Waals surface area contributed by atoms with Crippen LogP contribution in [0.15, 0.2) is 0 Å². The third-order valence-electron chi connectivity index (χ3n) is 3.24. The second kappa shape index (κ2) is 5.97. The summed E-state index contributed by atoms with van der Waals surface area (Å²) in [7, 11) is 0. The van der Waals surface area contributed by atoms with Crippen LogP contribution in [0.25, 0.3) is 0 Å². The number of carbonyl (C=O) groups excluding carboxylic acids is 2. The van der Waals surface area contributed by atoms with Gasteiger partial charge in [0.2, 0.25) is 11.8 Å². The molecule has 0 aromatic rings. The molecule has 0 spiro atoms. The largest absolute Gasteiger partial charge is 0.343 e. The number of amides is 2. The zero-order valence-corrected chi connectivity index (χ0v) is 11.5. The SMILES string of the molecule is CCC1NC(=O)C(C(C)C)N(CC(F)(F)C(F)F)C1=O. The first-order chi connectivity index (χ1) is 9.11. The van der Waals surface area contributed by atoms with Crippen molar-refractivity contribution in [2.45, 2.75) is 51.6 Å². The molecule has 116 valence electrons. The first kappa shape index (κ1) is 16.7. The summed E-state index contributed by atoms with van der Waals surface area (Å²) >= 11 is 0. The Hall–Kier alpha value is -1.34. The van der Waals surface area contributed by atoms with Crippen molar-refractivity contribution in [3.63, 3.8) is 0 Å². The van der Waals surface area contributed by atoms with E-state index in [0.29, 0.717) is 4.90 Å². The van der Waals surface area contributed by atoms with Gasteiger partial charge in [-0.1, -0.05) is 20.8 Å². The number of rotatable bonds is 5. The molecule has 1 aliphatic rings. The standard InChI is InChI=1S/C12H18F4N2O2/c1-4-7-10(20)18(5-12(15,16)11(13)14)8(6(2)3)9(19)17-7/h6-8,11H,4-5H2,1-3H3,(H,17,19). The average molecular weight is 298 g/mol.